The Morgan fingerprint density at radius 1 is 1.30 bits per heavy atom. The van der Waals surface area contributed by atoms with E-state index in [2.05, 4.69) is 10.6 Å². The van der Waals surface area contributed by atoms with Gasteiger partial charge in [-0.15, -0.1) is 0 Å². The molecule has 0 saturated carbocycles. The Bertz CT molecular complexity index is 508. The third-order valence-electron chi connectivity index (χ3n) is 2.98. The van der Waals surface area contributed by atoms with Crippen LogP contribution in [0.5, 0.6) is 0 Å². The Morgan fingerprint density at radius 3 is 2.45 bits per heavy atom. The fraction of sp³-hybridized carbons (Fsp3) is 0.385. The second kappa shape index (κ2) is 6.83. The molecule has 0 spiro atoms. The Balaban J connectivity index is 2.84. The molecule has 1 aromatic rings. The lowest BCUT2D eigenvalue weighted by molar-refractivity contribution is -0.119. The van der Waals surface area contributed by atoms with Gasteiger partial charge < -0.3 is 16.4 Å². The van der Waals surface area contributed by atoms with Crippen LogP contribution in [0.25, 0.3) is 0 Å². The molecule has 0 heterocycles. The molecule has 1 aromatic carbocycles. The highest BCUT2D eigenvalue weighted by Crippen LogP contribution is 2.15. The second-order valence-electron chi connectivity index (χ2n) is 4.49. The summed E-state index contributed by atoms with van der Waals surface area (Å²) in [6, 6.07) is 1.34. The molecular formula is C13H17F2N3O2. The molecule has 5 nitrogen and oxygen atoms in total. The number of benzene rings is 1. The number of urea groups is 1. The number of carbonyl (C=O) groups is 2. The molecule has 0 fully saturated rings. The summed E-state index contributed by atoms with van der Waals surface area (Å²) < 4.78 is 25.8. The summed E-state index contributed by atoms with van der Waals surface area (Å²) >= 11 is 0. The molecule has 0 aliphatic carbocycles. The number of halogens is 2. The molecule has 0 aliphatic rings. The van der Waals surface area contributed by atoms with Gasteiger partial charge in [-0.2, -0.15) is 0 Å². The van der Waals surface area contributed by atoms with E-state index in [1.807, 2.05) is 6.92 Å². The molecule has 7 heteroatoms. The predicted molar refractivity (Wildman–Crippen MR) is 70.9 cm³/mol. The van der Waals surface area contributed by atoms with Gasteiger partial charge in [0.1, 0.15) is 6.04 Å². The van der Waals surface area contributed by atoms with Crippen LogP contribution in [-0.2, 0) is 4.79 Å². The van der Waals surface area contributed by atoms with Gasteiger partial charge in [-0.25, -0.2) is 13.6 Å². The minimum absolute atomic E-state index is 0.105. The van der Waals surface area contributed by atoms with Crippen molar-refractivity contribution in [3.8, 4) is 0 Å². The van der Waals surface area contributed by atoms with Gasteiger partial charge in [0.25, 0.3) is 0 Å². The van der Waals surface area contributed by atoms with Crippen LogP contribution in [0, 0.1) is 17.6 Å². The van der Waals surface area contributed by atoms with Crippen LogP contribution in [0.2, 0.25) is 0 Å². The summed E-state index contributed by atoms with van der Waals surface area (Å²) in [6.45, 7) is 3.62. The third kappa shape index (κ3) is 4.18. The monoisotopic (exact) mass is 285 g/mol. The lowest BCUT2D eigenvalue weighted by atomic mass is 9.98. The van der Waals surface area contributed by atoms with E-state index in [1.54, 1.807) is 6.92 Å². The van der Waals surface area contributed by atoms with Crippen molar-refractivity contribution >= 4 is 17.6 Å². The molecule has 0 aromatic heterocycles. The van der Waals surface area contributed by atoms with E-state index in [9.17, 15) is 18.4 Å². The van der Waals surface area contributed by atoms with Crippen molar-refractivity contribution in [1.82, 2.24) is 5.32 Å². The van der Waals surface area contributed by atoms with Crippen molar-refractivity contribution in [1.29, 1.82) is 0 Å². The second-order valence-corrected chi connectivity index (χ2v) is 4.49. The molecule has 110 valence electrons. The molecule has 0 bridgehead atoms. The number of anilines is 1. The number of primary amides is 1. The molecule has 0 radical (unpaired) electrons. The molecule has 0 aliphatic heterocycles. The predicted octanol–water partition coefficient (Wildman–Crippen LogP) is 1.99. The lowest BCUT2D eigenvalue weighted by Gasteiger charge is -2.22. The minimum Gasteiger partial charge on any atom is -0.352 e. The average molecular weight is 285 g/mol. The first-order valence-electron chi connectivity index (χ1n) is 6.17. The SMILES string of the molecule is CC[C@H](C)[C@H](NC(N)=O)C(=O)Nc1ccc(F)c(F)c1. The molecule has 3 amide bonds. The maximum atomic E-state index is 13.0. The fourth-order valence-electron chi connectivity index (χ4n) is 1.65. The quantitative estimate of drug-likeness (QED) is 0.773. The van der Waals surface area contributed by atoms with Crippen molar-refractivity contribution in [2.45, 2.75) is 26.3 Å². The van der Waals surface area contributed by atoms with E-state index in [0.717, 1.165) is 12.1 Å². The van der Waals surface area contributed by atoms with Gasteiger partial charge in [0.2, 0.25) is 5.91 Å². The lowest BCUT2D eigenvalue weighted by Crippen LogP contribution is -2.49. The number of rotatable bonds is 5. The molecule has 0 unspecified atom stereocenters. The molecule has 1 rings (SSSR count). The molecule has 20 heavy (non-hydrogen) atoms. The van der Waals surface area contributed by atoms with Crippen LogP contribution >= 0.6 is 0 Å². The fourth-order valence-corrected chi connectivity index (χ4v) is 1.65. The number of hydrogen-bond donors (Lipinski definition) is 3. The van der Waals surface area contributed by atoms with E-state index in [1.165, 1.54) is 6.07 Å². The number of nitrogens with one attached hydrogen (secondary N) is 2. The zero-order valence-corrected chi connectivity index (χ0v) is 11.2. The zero-order chi connectivity index (χ0) is 15.3. The van der Waals surface area contributed by atoms with Gasteiger partial charge in [0.05, 0.1) is 0 Å². The van der Waals surface area contributed by atoms with Crippen LogP contribution in [0.3, 0.4) is 0 Å². The number of hydrogen-bond acceptors (Lipinski definition) is 2. The van der Waals surface area contributed by atoms with Gasteiger partial charge >= 0.3 is 6.03 Å². The first kappa shape index (κ1) is 15.9. The molecule has 4 N–H and O–H groups in total. The minimum atomic E-state index is -1.06. The van der Waals surface area contributed by atoms with Gasteiger partial charge in [0.15, 0.2) is 11.6 Å². The molecule has 0 saturated heterocycles. The number of nitrogens with two attached hydrogens (primary N) is 1. The van der Waals surface area contributed by atoms with Crippen LogP contribution in [0.4, 0.5) is 19.3 Å². The Morgan fingerprint density at radius 2 is 1.95 bits per heavy atom. The highest BCUT2D eigenvalue weighted by Gasteiger charge is 2.25. The van der Waals surface area contributed by atoms with E-state index in [0.29, 0.717) is 6.42 Å². The maximum absolute atomic E-state index is 13.0. The first-order valence-corrected chi connectivity index (χ1v) is 6.17. The van der Waals surface area contributed by atoms with Gasteiger partial charge in [-0.3, -0.25) is 4.79 Å². The van der Waals surface area contributed by atoms with Crippen LogP contribution < -0.4 is 16.4 Å². The summed E-state index contributed by atoms with van der Waals surface area (Å²) in [4.78, 5) is 23.0. The smallest absolute Gasteiger partial charge is 0.312 e. The van der Waals surface area contributed by atoms with E-state index >= 15 is 0 Å². The maximum Gasteiger partial charge on any atom is 0.312 e. The van der Waals surface area contributed by atoms with Crippen molar-refractivity contribution < 1.29 is 18.4 Å². The number of amides is 3. The summed E-state index contributed by atoms with van der Waals surface area (Å²) in [5.74, 6) is -2.76. The van der Waals surface area contributed by atoms with Crippen molar-refractivity contribution in [3.63, 3.8) is 0 Å². The van der Waals surface area contributed by atoms with Crippen LogP contribution in [0.15, 0.2) is 18.2 Å². The van der Waals surface area contributed by atoms with Gasteiger partial charge in [-0.05, 0) is 18.1 Å². The average Bonchev–Trinajstić information content (AvgIpc) is 2.39. The van der Waals surface area contributed by atoms with Crippen LogP contribution in [0.1, 0.15) is 20.3 Å². The van der Waals surface area contributed by atoms with Crippen LogP contribution in [-0.4, -0.2) is 18.0 Å². The van der Waals surface area contributed by atoms with Gasteiger partial charge in [0, 0.05) is 11.8 Å². The van der Waals surface area contributed by atoms with E-state index < -0.39 is 29.6 Å². The van der Waals surface area contributed by atoms with Crippen molar-refractivity contribution in [2.75, 3.05) is 5.32 Å². The topological polar surface area (TPSA) is 84.2 Å². The molecular weight excluding hydrogens is 268 g/mol. The first-order chi connectivity index (χ1) is 9.35. The van der Waals surface area contributed by atoms with Gasteiger partial charge in [-0.1, -0.05) is 20.3 Å². The summed E-state index contributed by atoms with van der Waals surface area (Å²) in [6.07, 6.45) is 0.635. The summed E-state index contributed by atoms with van der Waals surface area (Å²) in [5.41, 5.74) is 5.13. The summed E-state index contributed by atoms with van der Waals surface area (Å²) in [5, 5.41) is 4.75. The van der Waals surface area contributed by atoms with Crippen molar-refractivity contribution in [3.05, 3.63) is 29.8 Å². The summed E-state index contributed by atoms with van der Waals surface area (Å²) in [7, 11) is 0. The standard InChI is InChI=1S/C13H17F2N3O2/c1-3-7(2)11(18-13(16)20)12(19)17-8-4-5-9(14)10(15)6-8/h4-7,11H,3H2,1-2H3,(H,17,19)(H3,16,18,20)/t7-,11-/m0/s1. The Hall–Kier alpha value is -2.18. The van der Waals surface area contributed by atoms with Crippen molar-refractivity contribution in [2.24, 2.45) is 11.7 Å². The van der Waals surface area contributed by atoms with E-state index in [4.69, 9.17) is 5.73 Å². The largest absolute Gasteiger partial charge is 0.352 e. The van der Waals surface area contributed by atoms with E-state index in [-0.39, 0.29) is 11.6 Å². The Labute approximate surface area is 115 Å². The zero-order valence-electron chi connectivity index (χ0n) is 11.2. The number of carbonyl (C=O) groups excluding carboxylic acids is 2. The normalized spacial score (nSPS) is 13.4. The highest BCUT2D eigenvalue weighted by molar-refractivity contribution is 5.97. The highest BCUT2D eigenvalue weighted by atomic mass is 19.2. The Kier molecular flexibility index (Phi) is 5.42. The molecule has 2 atom stereocenters. The third-order valence-corrected chi connectivity index (χ3v) is 2.98.